The van der Waals surface area contributed by atoms with Crippen molar-refractivity contribution in [3.8, 4) is 5.75 Å². The van der Waals surface area contributed by atoms with E-state index in [1.54, 1.807) is 42.5 Å². The number of benzene rings is 2. The summed E-state index contributed by atoms with van der Waals surface area (Å²) >= 11 is 0. The number of aromatic hydroxyl groups is 1. The number of hydrogen-bond acceptors (Lipinski definition) is 5. The lowest BCUT2D eigenvalue weighted by atomic mass is 9.96. The number of amides is 2. The third kappa shape index (κ3) is 3.14. The van der Waals surface area contributed by atoms with Crippen LogP contribution in [0.3, 0.4) is 0 Å². The first-order valence-electron chi connectivity index (χ1n) is 7.20. The van der Waals surface area contributed by atoms with E-state index >= 15 is 0 Å². The van der Waals surface area contributed by atoms with Crippen LogP contribution in [-0.2, 0) is 9.59 Å². The fraction of sp³-hybridized carbons (Fsp3) is 0.0588. The smallest absolute Gasteiger partial charge is 0.258 e. The van der Waals surface area contributed by atoms with Crippen LogP contribution < -0.4 is 10.9 Å². The highest BCUT2D eigenvalue weighted by atomic mass is 16.3. The number of hydrazone groups is 2. The first-order chi connectivity index (χ1) is 11.7. The topological polar surface area (TPSA) is 103 Å². The van der Waals surface area contributed by atoms with Crippen LogP contribution in [0.15, 0.2) is 64.8 Å². The van der Waals surface area contributed by atoms with Gasteiger partial charge in [-0.15, -0.1) is 0 Å². The average Bonchev–Trinajstić information content (AvgIpc) is 2.99. The number of para-hydroxylation sites is 1. The molecule has 0 aliphatic carbocycles. The summed E-state index contributed by atoms with van der Waals surface area (Å²) < 4.78 is 0. The van der Waals surface area contributed by atoms with Crippen LogP contribution in [0.5, 0.6) is 5.75 Å². The molecule has 1 aliphatic rings. The molecule has 3 rings (SSSR count). The summed E-state index contributed by atoms with van der Waals surface area (Å²) in [7, 11) is 0. The zero-order valence-corrected chi connectivity index (χ0v) is 12.5. The first kappa shape index (κ1) is 15.4. The van der Waals surface area contributed by atoms with Crippen molar-refractivity contribution in [2.24, 2.45) is 16.1 Å². The minimum Gasteiger partial charge on any atom is -0.507 e. The van der Waals surface area contributed by atoms with Crippen molar-refractivity contribution in [2.45, 2.75) is 0 Å². The molecule has 2 aromatic carbocycles. The molecular formula is C17H14N4O3. The average molecular weight is 322 g/mol. The lowest BCUT2D eigenvalue weighted by Gasteiger charge is -2.08. The predicted octanol–water partition coefficient (Wildman–Crippen LogP) is 0.993. The van der Waals surface area contributed by atoms with Crippen molar-refractivity contribution in [3.63, 3.8) is 0 Å². The van der Waals surface area contributed by atoms with Crippen LogP contribution in [0.25, 0.3) is 0 Å². The van der Waals surface area contributed by atoms with Gasteiger partial charge in [-0.05, 0) is 17.7 Å². The number of hydrogen-bond donors (Lipinski definition) is 3. The maximum atomic E-state index is 12.3. The molecule has 7 nitrogen and oxygen atoms in total. The Labute approximate surface area is 137 Å². The molecule has 1 atom stereocenters. The number of carbonyl (C=O) groups is 2. The van der Waals surface area contributed by atoms with E-state index in [2.05, 4.69) is 21.1 Å². The van der Waals surface area contributed by atoms with Crippen LogP contribution in [0.2, 0.25) is 0 Å². The second-order valence-corrected chi connectivity index (χ2v) is 5.07. The van der Waals surface area contributed by atoms with E-state index < -0.39 is 17.7 Å². The van der Waals surface area contributed by atoms with Crippen molar-refractivity contribution in [3.05, 3.63) is 65.7 Å². The van der Waals surface area contributed by atoms with Crippen molar-refractivity contribution >= 4 is 23.7 Å². The molecule has 0 saturated heterocycles. The van der Waals surface area contributed by atoms with Gasteiger partial charge in [0.2, 0.25) is 0 Å². The van der Waals surface area contributed by atoms with Crippen LogP contribution >= 0.6 is 0 Å². The molecule has 2 aromatic rings. The number of phenols is 1. The molecule has 0 radical (unpaired) electrons. The Morgan fingerprint density at radius 2 is 1.88 bits per heavy atom. The summed E-state index contributed by atoms with van der Waals surface area (Å²) in [5, 5.41) is 17.4. The van der Waals surface area contributed by atoms with Crippen molar-refractivity contribution in [1.82, 2.24) is 10.9 Å². The quantitative estimate of drug-likeness (QED) is 0.444. The van der Waals surface area contributed by atoms with E-state index in [9.17, 15) is 14.7 Å². The van der Waals surface area contributed by atoms with Crippen LogP contribution in [-0.4, -0.2) is 28.8 Å². The Morgan fingerprint density at radius 1 is 1.17 bits per heavy atom. The fourth-order valence-corrected chi connectivity index (χ4v) is 2.28. The van der Waals surface area contributed by atoms with E-state index in [4.69, 9.17) is 0 Å². The molecule has 0 saturated carbocycles. The maximum Gasteiger partial charge on any atom is 0.258 e. The lowest BCUT2D eigenvalue weighted by molar-refractivity contribution is -0.131. The van der Waals surface area contributed by atoms with Gasteiger partial charge in [0.05, 0.1) is 11.9 Å². The highest BCUT2D eigenvalue weighted by Gasteiger charge is 2.37. The third-order valence-corrected chi connectivity index (χ3v) is 3.47. The van der Waals surface area contributed by atoms with E-state index in [1.807, 2.05) is 6.07 Å². The normalized spacial score (nSPS) is 16.8. The van der Waals surface area contributed by atoms with Crippen LogP contribution in [0, 0.1) is 5.92 Å². The Kier molecular flexibility index (Phi) is 4.33. The summed E-state index contributed by atoms with van der Waals surface area (Å²) in [6.07, 6.45) is 1.30. The van der Waals surface area contributed by atoms with Crippen molar-refractivity contribution in [1.29, 1.82) is 0 Å². The Morgan fingerprint density at radius 3 is 2.62 bits per heavy atom. The minimum absolute atomic E-state index is 0.0423. The van der Waals surface area contributed by atoms with E-state index in [-0.39, 0.29) is 5.75 Å². The van der Waals surface area contributed by atoms with Crippen molar-refractivity contribution < 1.29 is 14.7 Å². The van der Waals surface area contributed by atoms with Gasteiger partial charge in [-0.2, -0.15) is 10.2 Å². The number of nitrogens with one attached hydrogen (secondary N) is 2. The molecule has 0 fully saturated rings. The van der Waals surface area contributed by atoms with Gasteiger partial charge in [-0.1, -0.05) is 42.5 Å². The summed E-state index contributed by atoms with van der Waals surface area (Å²) in [6, 6.07) is 15.5. The highest BCUT2D eigenvalue weighted by Crippen LogP contribution is 2.16. The standard InChI is InChI=1S/C17H14N4O3/c22-13-9-5-4-8-12(13)10-18-20-16(23)14-15(19-21-17(14)24)11-6-2-1-3-7-11/h1-10,14,22H,(H,20,23)(H,21,24). The fourth-order valence-electron chi connectivity index (χ4n) is 2.28. The minimum atomic E-state index is -1.08. The third-order valence-electron chi connectivity index (χ3n) is 3.47. The molecule has 120 valence electrons. The Bertz CT molecular complexity index is 831. The molecule has 0 bridgehead atoms. The summed E-state index contributed by atoms with van der Waals surface area (Å²) in [4.78, 5) is 24.2. The second-order valence-electron chi connectivity index (χ2n) is 5.07. The molecule has 24 heavy (non-hydrogen) atoms. The molecule has 0 aromatic heterocycles. The van der Waals surface area contributed by atoms with Gasteiger partial charge in [0.15, 0.2) is 5.92 Å². The number of carbonyl (C=O) groups excluding carboxylic acids is 2. The molecule has 1 unspecified atom stereocenters. The molecule has 1 heterocycles. The largest absolute Gasteiger partial charge is 0.507 e. The van der Waals surface area contributed by atoms with Gasteiger partial charge >= 0.3 is 0 Å². The zero-order valence-electron chi connectivity index (χ0n) is 12.5. The second kappa shape index (κ2) is 6.74. The van der Waals surface area contributed by atoms with Crippen LogP contribution in [0.4, 0.5) is 0 Å². The number of nitrogens with zero attached hydrogens (tertiary/aromatic N) is 2. The summed E-state index contributed by atoms with van der Waals surface area (Å²) in [6.45, 7) is 0. The van der Waals surface area contributed by atoms with Gasteiger partial charge in [0.25, 0.3) is 11.8 Å². The van der Waals surface area contributed by atoms with Gasteiger partial charge in [-0.25, -0.2) is 10.9 Å². The van der Waals surface area contributed by atoms with Crippen molar-refractivity contribution in [2.75, 3.05) is 0 Å². The summed E-state index contributed by atoms with van der Waals surface area (Å²) in [5.74, 6) is -2.14. The number of phenolic OH excluding ortho intramolecular Hbond substituents is 1. The SMILES string of the molecule is O=C(NN=Cc1ccccc1O)C1C(=O)NN=C1c1ccccc1. The van der Waals surface area contributed by atoms with Gasteiger partial charge in [-0.3, -0.25) is 9.59 Å². The first-order valence-corrected chi connectivity index (χ1v) is 7.20. The highest BCUT2D eigenvalue weighted by molar-refractivity contribution is 6.27. The van der Waals surface area contributed by atoms with Gasteiger partial charge in [0, 0.05) is 5.56 Å². The van der Waals surface area contributed by atoms with Gasteiger partial charge in [0.1, 0.15) is 5.75 Å². The van der Waals surface area contributed by atoms with E-state index in [0.29, 0.717) is 16.8 Å². The summed E-state index contributed by atoms with van der Waals surface area (Å²) in [5.41, 5.74) is 6.10. The maximum absolute atomic E-state index is 12.3. The number of rotatable bonds is 4. The molecular weight excluding hydrogens is 308 g/mol. The molecule has 1 aliphatic heterocycles. The monoisotopic (exact) mass is 322 g/mol. The molecule has 2 amide bonds. The van der Waals surface area contributed by atoms with Gasteiger partial charge < -0.3 is 5.11 Å². The van der Waals surface area contributed by atoms with E-state index in [1.165, 1.54) is 12.3 Å². The lowest BCUT2D eigenvalue weighted by Crippen LogP contribution is -2.37. The Hall–Kier alpha value is -3.48. The molecule has 0 spiro atoms. The van der Waals surface area contributed by atoms with E-state index in [0.717, 1.165) is 0 Å². The predicted molar refractivity (Wildman–Crippen MR) is 88.5 cm³/mol. The van der Waals surface area contributed by atoms with Crippen LogP contribution in [0.1, 0.15) is 11.1 Å². The Balaban J connectivity index is 1.73. The molecule has 7 heteroatoms. The molecule has 3 N–H and O–H groups in total. The zero-order chi connectivity index (χ0) is 16.9.